The summed E-state index contributed by atoms with van der Waals surface area (Å²) in [6.07, 6.45) is 8.93. The number of benzene rings is 1. The fourth-order valence-electron chi connectivity index (χ4n) is 3.28. The van der Waals surface area contributed by atoms with Crippen molar-refractivity contribution in [3.63, 3.8) is 0 Å². The summed E-state index contributed by atoms with van der Waals surface area (Å²) in [4.78, 5) is 0. The van der Waals surface area contributed by atoms with Gasteiger partial charge < -0.3 is 14.9 Å². The maximum absolute atomic E-state index is 5.76. The van der Waals surface area contributed by atoms with Crippen LogP contribution in [0.25, 0.3) is 22.6 Å². The number of nitrogens with two attached hydrogens (primary N) is 1. The first-order valence-electron chi connectivity index (χ1n) is 11.3. The van der Waals surface area contributed by atoms with E-state index in [1.807, 2.05) is 77.6 Å². The van der Waals surface area contributed by atoms with Crippen LogP contribution in [0.5, 0.6) is 0 Å². The van der Waals surface area contributed by atoms with Crippen molar-refractivity contribution in [2.24, 2.45) is 7.05 Å². The fraction of sp³-hybridized carbons (Fsp3) is 0.462. The molecule has 3 heteroatoms. The van der Waals surface area contributed by atoms with Gasteiger partial charge in [-0.05, 0) is 44.0 Å². The normalized spacial score (nSPS) is 11.1. The lowest BCUT2D eigenvalue weighted by Gasteiger charge is -2.04. The van der Waals surface area contributed by atoms with Gasteiger partial charge in [0, 0.05) is 42.2 Å². The van der Waals surface area contributed by atoms with E-state index in [0.717, 1.165) is 17.6 Å². The minimum atomic E-state index is 0.850. The number of fused-ring (bicyclic) bond motifs is 2. The number of rotatable bonds is 1. The Kier molecular flexibility index (Phi) is 13.3. The lowest BCUT2D eigenvalue weighted by atomic mass is 10.1. The van der Waals surface area contributed by atoms with Crippen molar-refractivity contribution in [2.45, 2.75) is 74.8 Å². The van der Waals surface area contributed by atoms with Crippen molar-refractivity contribution < 1.29 is 0 Å². The second kappa shape index (κ2) is 14.6. The van der Waals surface area contributed by atoms with Gasteiger partial charge in [-0.1, -0.05) is 71.4 Å². The van der Waals surface area contributed by atoms with Crippen LogP contribution in [0.15, 0.2) is 42.7 Å². The summed E-state index contributed by atoms with van der Waals surface area (Å²) in [5.74, 6) is 0. The molecule has 0 unspecified atom stereocenters. The summed E-state index contributed by atoms with van der Waals surface area (Å²) in [6.45, 7) is 17.5. The summed E-state index contributed by atoms with van der Waals surface area (Å²) in [7, 11) is 2.00. The second-order valence-electron chi connectivity index (χ2n) is 6.14. The SMILES string of the molecule is CC.CC.CC.CCn1ccc2c1=CCCC=2C.Cn1cc(N)c2ccccc21. The predicted octanol–water partition coefficient (Wildman–Crippen LogP) is 6.09. The van der Waals surface area contributed by atoms with Gasteiger partial charge in [0.2, 0.25) is 0 Å². The van der Waals surface area contributed by atoms with E-state index in [4.69, 9.17) is 5.73 Å². The highest BCUT2D eigenvalue weighted by Gasteiger charge is 2.02. The third-order valence-electron chi connectivity index (χ3n) is 4.59. The molecule has 2 heterocycles. The minimum absolute atomic E-state index is 0.850. The van der Waals surface area contributed by atoms with E-state index >= 15 is 0 Å². The van der Waals surface area contributed by atoms with Crippen LogP contribution < -0.4 is 16.3 Å². The third kappa shape index (κ3) is 6.85. The number of hydrogen-bond acceptors (Lipinski definition) is 1. The van der Waals surface area contributed by atoms with Crippen LogP contribution in [0.3, 0.4) is 0 Å². The number of aryl methyl sites for hydroxylation is 2. The van der Waals surface area contributed by atoms with Crippen molar-refractivity contribution in [1.82, 2.24) is 9.13 Å². The Bertz CT molecular complexity index is 906. The molecule has 1 aliphatic rings. The summed E-state index contributed by atoms with van der Waals surface area (Å²) in [6, 6.07) is 10.3. The smallest absolute Gasteiger partial charge is 0.0573 e. The number of aromatic nitrogens is 2. The Morgan fingerprint density at radius 2 is 1.59 bits per heavy atom. The van der Waals surface area contributed by atoms with E-state index in [-0.39, 0.29) is 0 Å². The Morgan fingerprint density at radius 3 is 2.17 bits per heavy atom. The van der Waals surface area contributed by atoms with E-state index in [1.54, 1.807) is 5.57 Å². The largest absolute Gasteiger partial charge is 0.397 e. The highest BCUT2D eigenvalue weighted by atomic mass is 14.9. The van der Waals surface area contributed by atoms with Gasteiger partial charge >= 0.3 is 0 Å². The second-order valence-corrected chi connectivity index (χ2v) is 6.14. The summed E-state index contributed by atoms with van der Waals surface area (Å²) >= 11 is 0. The zero-order valence-electron chi connectivity index (χ0n) is 20.2. The van der Waals surface area contributed by atoms with Gasteiger partial charge in [-0.15, -0.1) is 0 Å². The van der Waals surface area contributed by atoms with Crippen LogP contribution in [0.2, 0.25) is 0 Å². The number of nitrogens with zero attached hydrogens (tertiary/aromatic N) is 2. The maximum atomic E-state index is 5.76. The zero-order chi connectivity index (χ0) is 22.4. The Morgan fingerprint density at radius 1 is 0.966 bits per heavy atom. The molecule has 0 atom stereocenters. The summed E-state index contributed by atoms with van der Waals surface area (Å²) in [5, 5.41) is 4.03. The molecule has 0 spiro atoms. The molecular weight excluding hydrogens is 354 g/mol. The molecule has 0 aliphatic heterocycles. The van der Waals surface area contributed by atoms with Crippen LogP contribution in [0.1, 0.15) is 68.2 Å². The molecule has 0 saturated carbocycles. The lowest BCUT2D eigenvalue weighted by molar-refractivity contribution is 0.739. The van der Waals surface area contributed by atoms with Crippen LogP contribution in [-0.2, 0) is 13.6 Å². The first kappa shape index (κ1) is 26.6. The van der Waals surface area contributed by atoms with E-state index in [2.05, 4.69) is 42.8 Å². The molecule has 0 amide bonds. The molecule has 162 valence electrons. The predicted molar refractivity (Wildman–Crippen MR) is 134 cm³/mol. The highest BCUT2D eigenvalue weighted by molar-refractivity contribution is 5.91. The van der Waals surface area contributed by atoms with Crippen LogP contribution >= 0.6 is 0 Å². The molecule has 0 saturated heterocycles. The molecule has 2 aromatic heterocycles. The van der Waals surface area contributed by atoms with E-state index in [0.29, 0.717) is 0 Å². The van der Waals surface area contributed by atoms with Crippen LogP contribution in [-0.4, -0.2) is 9.13 Å². The summed E-state index contributed by atoms with van der Waals surface area (Å²) in [5.41, 5.74) is 9.33. The van der Waals surface area contributed by atoms with E-state index in [1.165, 1.54) is 28.9 Å². The topological polar surface area (TPSA) is 35.9 Å². The van der Waals surface area contributed by atoms with Gasteiger partial charge in [0.25, 0.3) is 0 Å². The fourth-order valence-corrected chi connectivity index (χ4v) is 3.28. The molecular formula is C26H43N3. The van der Waals surface area contributed by atoms with Gasteiger partial charge in [-0.25, -0.2) is 0 Å². The number of para-hydroxylation sites is 1. The molecule has 1 aliphatic carbocycles. The van der Waals surface area contributed by atoms with Gasteiger partial charge in [-0.2, -0.15) is 0 Å². The van der Waals surface area contributed by atoms with Gasteiger partial charge in [0.1, 0.15) is 0 Å². The average Bonchev–Trinajstić information content (AvgIpc) is 3.35. The molecule has 29 heavy (non-hydrogen) atoms. The quantitative estimate of drug-likeness (QED) is 0.530. The average molecular weight is 398 g/mol. The number of anilines is 1. The molecule has 0 fully saturated rings. The molecule has 0 radical (unpaired) electrons. The molecule has 0 bridgehead atoms. The van der Waals surface area contributed by atoms with E-state index < -0.39 is 0 Å². The van der Waals surface area contributed by atoms with Gasteiger partial charge in [0.05, 0.1) is 5.69 Å². The lowest BCUT2D eigenvalue weighted by Crippen LogP contribution is -2.31. The first-order chi connectivity index (χ1) is 14.1. The van der Waals surface area contributed by atoms with Crippen LogP contribution in [0.4, 0.5) is 5.69 Å². The number of hydrogen-bond donors (Lipinski definition) is 1. The van der Waals surface area contributed by atoms with Crippen molar-refractivity contribution in [3.8, 4) is 0 Å². The highest BCUT2D eigenvalue weighted by Crippen LogP contribution is 2.21. The van der Waals surface area contributed by atoms with Crippen molar-refractivity contribution in [3.05, 3.63) is 53.3 Å². The monoisotopic (exact) mass is 397 g/mol. The Labute approximate surface area is 178 Å². The standard InChI is InChI=1S/C11H15N.C9H10N2.3C2H6/c1-3-12-8-7-10-9(2)5-4-6-11(10)12;1-11-6-8(10)7-4-2-3-5-9(7)11;3*1-2/h6-8H,3-5H2,1-2H3;2-6H,10H2,1H3;3*1-2H3. The van der Waals surface area contributed by atoms with Crippen molar-refractivity contribution in [2.75, 3.05) is 5.73 Å². The maximum Gasteiger partial charge on any atom is 0.0573 e. The Balaban J connectivity index is 0.000000432. The number of nitrogen functional groups attached to an aromatic ring is 1. The Hall–Kier alpha value is -2.42. The zero-order valence-corrected chi connectivity index (χ0v) is 20.2. The van der Waals surface area contributed by atoms with Gasteiger partial charge in [-0.3, -0.25) is 0 Å². The van der Waals surface area contributed by atoms with E-state index in [9.17, 15) is 0 Å². The van der Waals surface area contributed by atoms with Crippen LogP contribution in [0, 0.1) is 0 Å². The summed E-state index contributed by atoms with van der Waals surface area (Å²) < 4.78 is 4.35. The molecule has 1 aromatic carbocycles. The molecule has 2 N–H and O–H groups in total. The van der Waals surface area contributed by atoms with Crippen molar-refractivity contribution >= 4 is 28.2 Å². The minimum Gasteiger partial charge on any atom is -0.397 e. The molecule has 3 aromatic rings. The molecule has 3 nitrogen and oxygen atoms in total. The third-order valence-corrected chi connectivity index (χ3v) is 4.59. The first-order valence-corrected chi connectivity index (χ1v) is 11.3. The molecule has 4 rings (SSSR count). The van der Waals surface area contributed by atoms with Crippen molar-refractivity contribution in [1.29, 1.82) is 0 Å². The van der Waals surface area contributed by atoms with Gasteiger partial charge in [0.15, 0.2) is 0 Å².